The smallest absolute Gasteiger partial charge is 0.404 e. The number of ether oxygens (including phenoxy) is 2. The third-order valence-electron chi connectivity index (χ3n) is 5.01. The first-order chi connectivity index (χ1) is 14.1. The zero-order valence-electron chi connectivity index (χ0n) is 16.6. The van der Waals surface area contributed by atoms with Crippen LogP contribution in [0.25, 0.3) is 0 Å². The molecule has 1 aliphatic rings. The van der Waals surface area contributed by atoms with E-state index in [1.165, 1.54) is 6.07 Å². The first kappa shape index (κ1) is 20.9. The lowest BCUT2D eigenvalue weighted by molar-refractivity contribution is 0.150. The Morgan fingerprint density at radius 2 is 1.72 bits per heavy atom. The van der Waals surface area contributed by atoms with Gasteiger partial charge >= 0.3 is 6.09 Å². The molecule has 2 aromatic rings. The van der Waals surface area contributed by atoms with Gasteiger partial charge in [0.1, 0.15) is 18.2 Å². The van der Waals surface area contributed by atoms with Gasteiger partial charge < -0.3 is 20.1 Å². The second kappa shape index (κ2) is 10.7. The number of piperazine rings is 1. The number of halogens is 1. The highest BCUT2D eigenvalue weighted by Gasteiger charge is 2.18. The molecule has 0 saturated carbocycles. The van der Waals surface area contributed by atoms with Crippen LogP contribution in [0.2, 0.25) is 0 Å². The van der Waals surface area contributed by atoms with Crippen molar-refractivity contribution in [1.29, 1.82) is 0 Å². The summed E-state index contributed by atoms with van der Waals surface area (Å²) in [5.74, 6) is 0.651. The van der Waals surface area contributed by atoms with Crippen LogP contribution in [0, 0.1) is 5.82 Å². The van der Waals surface area contributed by atoms with Gasteiger partial charge in [0, 0.05) is 26.2 Å². The van der Waals surface area contributed by atoms with Crippen LogP contribution in [0.1, 0.15) is 18.4 Å². The molecule has 1 heterocycles. The molecule has 2 N–H and O–H groups in total. The van der Waals surface area contributed by atoms with Crippen molar-refractivity contribution in [3.8, 4) is 5.75 Å². The van der Waals surface area contributed by atoms with Crippen molar-refractivity contribution in [3.63, 3.8) is 0 Å². The molecule has 1 aliphatic heterocycles. The van der Waals surface area contributed by atoms with E-state index in [0.29, 0.717) is 12.3 Å². The van der Waals surface area contributed by atoms with Crippen LogP contribution in [0.5, 0.6) is 5.75 Å². The summed E-state index contributed by atoms with van der Waals surface area (Å²) in [7, 11) is 0. The van der Waals surface area contributed by atoms with Crippen LogP contribution in [-0.2, 0) is 11.3 Å². The Balaban J connectivity index is 1.29. The van der Waals surface area contributed by atoms with Gasteiger partial charge in [-0.1, -0.05) is 24.3 Å². The lowest BCUT2D eigenvalue weighted by Crippen LogP contribution is -2.46. The summed E-state index contributed by atoms with van der Waals surface area (Å²) in [6.07, 6.45) is 1.25. The van der Waals surface area contributed by atoms with Crippen molar-refractivity contribution in [1.82, 2.24) is 4.90 Å². The van der Waals surface area contributed by atoms with E-state index in [-0.39, 0.29) is 12.4 Å². The van der Waals surface area contributed by atoms with Crippen molar-refractivity contribution < 1.29 is 18.7 Å². The number of amides is 1. The summed E-state index contributed by atoms with van der Waals surface area (Å²) in [6, 6.07) is 14.4. The van der Waals surface area contributed by atoms with Crippen molar-refractivity contribution in [2.45, 2.75) is 19.4 Å². The third-order valence-corrected chi connectivity index (χ3v) is 5.01. The molecular weight excluding hydrogens is 373 g/mol. The fourth-order valence-corrected chi connectivity index (χ4v) is 3.38. The molecule has 0 aliphatic carbocycles. The minimum atomic E-state index is -0.779. The average Bonchev–Trinajstić information content (AvgIpc) is 2.74. The largest absolute Gasteiger partial charge is 0.494 e. The number of carbonyl (C=O) groups is 1. The van der Waals surface area contributed by atoms with E-state index in [4.69, 9.17) is 15.2 Å². The molecule has 0 bridgehead atoms. The topological polar surface area (TPSA) is 68.0 Å². The van der Waals surface area contributed by atoms with Gasteiger partial charge in [-0.05, 0) is 49.2 Å². The standard InChI is InChI=1S/C22H28FN3O3/c23-20-5-1-2-6-21(20)26-14-12-25(13-15-26)11-3-4-16-28-19-9-7-18(8-10-19)17-29-22(24)27/h1-2,5-10H,3-4,11-17H2,(H2,24,27). The van der Waals surface area contributed by atoms with Gasteiger partial charge in [0.2, 0.25) is 0 Å². The predicted octanol–water partition coefficient (Wildman–Crippen LogP) is 3.40. The number of carbonyl (C=O) groups excluding carboxylic acids is 1. The maximum atomic E-state index is 13.9. The maximum absolute atomic E-state index is 13.9. The lowest BCUT2D eigenvalue weighted by Gasteiger charge is -2.36. The summed E-state index contributed by atoms with van der Waals surface area (Å²) in [5, 5.41) is 0. The number of nitrogens with two attached hydrogens (primary N) is 1. The number of nitrogens with zero attached hydrogens (tertiary/aromatic N) is 2. The van der Waals surface area contributed by atoms with E-state index in [1.54, 1.807) is 6.07 Å². The Bertz CT molecular complexity index is 777. The van der Waals surface area contributed by atoms with E-state index in [9.17, 15) is 9.18 Å². The molecule has 0 radical (unpaired) electrons. The summed E-state index contributed by atoms with van der Waals surface area (Å²) in [6.45, 7) is 5.45. The lowest BCUT2D eigenvalue weighted by atomic mass is 10.2. The molecule has 1 fully saturated rings. The molecular formula is C22H28FN3O3. The molecule has 6 nitrogen and oxygen atoms in total. The Morgan fingerprint density at radius 3 is 2.41 bits per heavy atom. The van der Waals surface area contributed by atoms with E-state index >= 15 is 0 Å². The highest BCUT2D eigenvalue weighted by atomic mass is 19.1. The first-order valence-electron chi connectivity index (χ1n) is 9.97. The zero-order valence-corrected chi connectivity index (χ0v) is 16.6. The second-order valence-corrected chi connectivity index (χ2v) is 7.09. The third kappa shape index (κ3) is 6.64. The molecule has 0 atom stereocenters. The number of para-hydroxylation sites is 1. The number of benzene rings is 2. The molecule has 3 rings (SSSR count). The highest BCUT2D eigenvalue weighted by molar-refractivity contribution is 5.64. The molecule has 156 valence electrons. The average molecular weight is 401 g/mol. The van der Waals surface area contributed by atoms with Crippen molar-refractivity contribution in [2.24, 2.45) is 5.73 Å². The highest BCUT2D eigenvalue weighted by Crippen LogP contribution is 2.20. The van der Waals surface area contributed by atoms with E-state index in [0.717, 1.165) is 56.9 Å². The fraction of sp³-hybridized carbons (Fsp3) is 0.409. The molecule has 0 spiro atoms. The fourth-order valence-electron chi connectivity index (χ4n) is 3.38. The molecule has 1 amide bonds. The Kier molecular flexibility index (Phi) is 7.69. The number of anilines is 1. The van der Waals surface area contributed by atoms with Crippen LogP contribution in [0.4, 0.5) is 14.9 Å². The molecule has 0 aromatic heterocycles. The van der Waals surface area contributed by atoms with Gasteiger partial charge in [0.05, 0.1) is 12.3 Å². The van der Waals surface area contributed by atoms with Crippen LogP contribution < -0.4 is 15.4 Å². The number of hydrogen-bond acceptors (Lipinski definition) is 5. The summed E-state index contributed by atoms with van der Waals surface area (Å²) >= 11 is 0. The van der Waals surface area contributed by atoms with Gasteiger partial charge in [-0.2, -0.15) is 0 Å². The summed E-state index contributed by atoms with van der Waals surface area (Å²) < 4.78 is 24.4. The van der Waals surface area contributed by atoms with Crippen molar-refractivity contribution in [3.05, 3.63) is 59.9 Å². The molecule has 7 heteroatoms. The maximum Gasteiger partial charge on any atom is 0.404 e. The normalized spacial score (nSPS) is 14.6. The first-order valence-corrected chi connectivity index (χ1v) is 9.97. The SMILES string of the molecule is NC(=O)OCc1ccc(OCCCCN2CCN(c3ccccc3F)CC2)cc1. The number of primary amides is 1. The van der Waals surface area contributed by atoms with Crippen LogP contribution >= 0.6 is 0 Å². The number of unbranched alkanes of at least 4 members (excludes halogenated alkanes) is 1. The van der Waals surface area contributed by atoms with Crippen LogP contribution in [-0.4, -0.2) is 50.3 Å². The van der Waals surface area contributed by atoms with Gasteiger partial charge in [0.15, 0.2) is 0 Å². The second-order valence-electron chi connectivity index (χ2n) is 7.09. The van der Waals surface area contributed by atoms with Crippen LogP contribution in [0.3, 0.4) is 0 Å². The van der Waals surface area contributed by atoms with Gasteiger partial charge in [0.25, 0.3) is 0 Å². The molecule has 29 heavy (non-hydrogen) atoms. The quantitative estimate of drug-likeness (QED) is 0.653. The Morgan fingerprint density at radius 1 is 1.00 bits per heavy atom. The van der Waals surface area contributed by atoms with E-state index in [1.807, 2.05) is 36.4 Å². The Labute approximate surface area is 171 Å². The number of rotatable bonds is 9. The molecule has 2 aromatic carbocycles. The minimum Gasteiger partial charge on any atom is -0.494 e. The Hall–Kier alpha value is -2.80. The van der Waals surface area contributed by atoms with Crippen molar-refractivity contribution >= 4 is 11.8 Å². The number of hydrogen-bond donors (Lipinski definition) is 1. The van der Waals surface area contributed by atoms with Gasteiger partial charge in [-0.15, -0.1) is 0 Å². The van der Waals surface area contributed by atoms with Crippen LogP contribution in [0.15, 0.2) is 48.5 Å². The predicted molar refractivity (Wildman–Crippen MR) is 111 cm³/mol. The monoisotopic (exact) mass is 401 g/mol. The molecule has 1 saturated heterocycles. The van der Waals surface area contributed by atoms with Crippen molar-refractivity contribution in [2.75, 3.05) is 44.2 Å². The summed E-state index contributed by atoms with van der Waals surface area (Å²) in [5.41, 5.74) is 6.52. The summed E-state index contributed by atoms with van der Waals surface area (Å²) in [4.78, 5) is 15.1. The van der Waals surface area contributed by atoms with E-state index < -0.39 is 6.09 Å². The van der Waals surface area contributed by atoms with Gasteiger partial charge in [-0.25, -0.2) is 9.18 Å². The van der Waals surface area contributed by atoms with Gasteiger partial charge in [-0.3, -0.25) is 4.90 Å². The van der Waals surface area contributed by atoms with E-state index in [2.05, 4.69) is 9.80 Å². The zero-order chi connectivity index (χ0) is 20.5. The molecule has 0 unspecified atom stereocenters. The minimum absolute atomic E-state index is 0.147.